The molecule has 0 saturated carbocycles. The maximum Gasteiger partial charge on any atom is 0.0938 e. The van der Waals surface area contributed by atoms with E-state index >= 15 is 0 Å². The van der Waals surface area contributed by atoms with E-state index in [4.69, 9.17) is 0 Å². The fourth-order valence-electron chi connectivity index (χ4n) is 2.54. The van der Waals surface area contributed by atoms with Gasteiger partial charge in [0.05, 0.1) is 12.2 Å². The topological polar surface area (TPSA) is 46.9 Å². The Labute approximate surface area is 85.1 Å². The van der Waals surface area contributed by atoms with Gasteiger partial charge in [0.1, 0.15) is 0 Å². The lowest BCUT2D eigenvalue weighted by Crippen LogP contribution is -2.29. The van der Waals surface area contributed by atoms with Crippen LogP contribution in [0.2, 0.25) is 0 Å². The van der Waals surface area contributed by atoms with E-state index in [9.17, 15) is 10.2 Å². The molecule has 4 nitrogen and oxygen atoms in total. The quantitative estimate of drug-likeness (QED) is 0.599. The van der Waals surface area contributed by atoms with Crippen molar-refractivity contribution >= 4 is 0 Å². The van der Waals surface area contributed by atoms with Crippen LogP contribution >= 0.6 is 0 Å². The number of β-amino-alcohol motifs (C(OH)–C–C–N with tert-alkyl or cyclic N) is 2. The van der Waals surface area contributed by atoms with E-state index in [2.05, 4.69) is 16.8 Å². The van der Waals surface area contributed by atoms with Gasteiger partial charge in [-0.25, -0.2) is 0 Å². The average molecular weight is 200 g/mol. The van der Waals surface area contributed by atoms with Crippen LogP contribution in [0.4, 0.5) is 0 Å². The standard InChI is InChI=1S/C10H20N2O2/c1-11-3-2-8(4-11)5-12-6-9(13)10(14)7-12/h8-10,13-14H,2-7H2,1H3. The summed E-state index contributed by atoms with van der Waals surface area (Å²) in [6.07, 6.45) is 0.183. The van der Waals surface area contributed by atoms with Crippen LogP contribution in [0.1, 0.15) is 6.42 Å². The lowest BCUT2D eigenvalue weighted by atomic mass is 10.1. The van der Waals surface area contributed by atoms with E-state index in [-0.39, 0.29) is 0 Å². The first-order valence-electron chi connectivity index (χ1n) is 5.42. The third-order valence-corrected chi connectivity index (χ3v) is 3.34. The number of hydrogen-bond acceptors (Lipinski definition) is 4. The third kappa shape index (κ3) is 2.25. The number of rotatable bonds is 2. The number of hydrogen-bond donors (Lipinski definition) is 2. The van der Waals surface area contributed by atoms with Crippen molar-refractivity contribution in [3.63, 3.8) is 0 Å². The van der Waals surface area contributed by atoms with Crippen molar-refractivity contribution in [3.05, 3.63) is 0 Å². The van der Waals surface area contributed by atoms with E-state index in [1.807, 2.05) is 0 Å². The molecule has 0 aromatic rings. The Morgan fingerprint density at radius 3 is 2.29 bits per heavy atom. The molecule has 2 fully saturated rings. The van der Waals surface area contributed by atoms with Gasteiger partial charge in [-0.1, -0.05) is 0 Å². The van der Waals surface area contributed by atoms with Crippen LogP contribution in [0.15, 0.2) is 0 Å². The molecule has 2 saturated heterocycles. The number of nitrogens with zero attached hydrogens (tertiary/aromatic N) is 2. The van der Waals surface area contributed by atoms with Gasteiger partial charge in [0.2, 0.25) is 0 Å². The predicted octanol–water partition coefficient (Wildman–Crippen LogP) is -1.02. The Bertz CT molecular complexity index is 191. The van der Waals surface area contributed by atoms with Gasteiger partial charge in [-0.2, -0.15) is 0 Å². The summed E-state index contributed by atoms with van der Waals surface area (Å²) in [4.78, 5) is 4.52. The summed E-state index contributed by atoms with van der Waals surface area (Å²) in [5, 5.41) is 18.8. The Balaban J connectivity index is 1.76. The van der Waals surface area contributed by atoms with Crippen LogP contribution in [0.25, 0.3) is 0 Å². The van der Waals surface area contributed by atoms with Gasteiger partial charge in [-0.15, -0.1) is 0 Å². The zero-order chi connectivity index (χ0) is 10.1. The van der Waals surface area contributed by atoms with Gasteiger partial charge in [0.15, 0.2) is 0 Å². The highest BCUT2D eigenvalue weighted by atomic mass is 16.3. The summed E-state index contributed by atoms with van der Waals surface area (Å²) >= 11 is 0. The Kier molecular flexibility index (Phi) is 3.07. The van der Waals surface area contributed by atoms with Crippen LogP contribution in [0, 0.1) is 5.92 Å². The molecule has 0 aliphatic carbocycles. The highest BCUT2D eigenvalue weighted by molar-refractivity contribution is 4.86. The fourth-order valence-corrected chi connectivity index (χ4v) is 2.54. The van der Waals surface area contributed by atoms with E-state index in [1.54, 1.807) is 0 Å². The number of aliphatic hydroxyl groups is 2. The third-order valence-electron chi connectivity index (χ3n) is 3.34. The zero-order valence-electron chi connectivity index (χ0n) is 8.76. The van der Waals surface area contributed by atoms with Gasteiger partial charge in [0.25, 0.3) is 0 Å². The van der Waals surface area contributed by atoms with Crippen molar-refractivity contribution in [2.75, 3.05) is 39.8 Å². The Hall–Kier alpha value is -0.160. The normalized spacial score (nSPS) is 40.9. The highest BCUT2D eigenvalue weighted by Gasteiger charge is 2.31. The van der Waals surface area contributed by atoms with Gasteiger partial charge < -0.3 is 15.1 Å². The summed E-state index contributed by atoms with van der Waals surface area (Å²) in [5.41, 5.74) is 0. The molecule has 4 heteroatoms. The molecule has 0 aromatic carbocycles. The molecule has 2 heterocycles. The van der Waals surface area contributed by atoms with Gasteiger partial charge in [-0.3, -0.25) is 4.90 Å². The highest BCUT2D eigenvalue weighted by Crippen LogP contribution is 2.18. The maximum atomic E-state index is 9.39. The Morgan fingerprint density at radius 1 is 1.14 bits per heavy atom. The molecule has 3 unspecified atom stereocenters. The summed E-state index contributed by atoms with van der Waals surface area (Å²) in [6.45, 7) is 4.65. The molecule has 0 bridgehead atoms. The second-order valence-electron chi connectivity index (χ2n) is 4.77. The molecule has 0 aromatic heterocycles. The molecule has 2 aliphatic rings. The second kappa shape index (κ2) is 4.14. The van der Waals surface area contributed by atoms with E-state index < -0.39 is 12.2 Å². The van der Waals surface area contributed by atoms with Gasteiger partial charge in [-0.05, 0) is 25.9 Å². The van der Waals surface area contributed by atoms with Crippen molar-refractivity contribution < 1.29 is 10.2 Å². The first kappa shape index (κ1) is 10.4. The van der Waals surface area contributed by atoms with Crippen LogP contribution in [0.3, 0.4) is 0 Å². The molecule has 2 rings (SSSR count). The van der Waals surface area contributed by atoms with Crippen molar-refractivity contribution in [2.45, 2.75) is 18.6 Å². The molecule has 0 radical (unpaired) electrons. The monoisotopic (exact) mass is 200 g/mol. The van der Waals surface area contributed by atoms with Crippen LogP contribution < -0.4 is 0 Å². The molecule has 0 spiro atoms. The minimum absolute atomic E-state index is 0.533. The largest absolute Gasteiger partial charge is 0.389 e. The van der Waals surface area contributed by atoms with E-state index in [1.165, 1.54) is 13.0 Å². The lowest BCUT2D eigenvalue weighted by molar-refractivity contribution is 0.0572. The molecule has 2 aliphatic heterocycles. The van der Waals surface area contributed by atoms with Crippen LogP contribution in [-0.2, 0) is 0 Å². The number of likely N-dealkylation sites (tertiary alicyclic amines) is 2. The van der Waals surface area contributed by atoms with E-state index in [0.29, 0.717) is 13.1 Å². The van der Waals surface area contributed by atoms with E-state index in [0.717, 1.165) is 19.0 Å². The SMILES string of the molecule is CN1CCC(CN2CC(O)C(O)C2)C1. The minimum Gasteiger partial charge on any atom is -0.389 e. The van der Waals surface area contributed by atoms with Crippen LogP contribution in [-0.4, -0.2) is 72.0 Å². The first-order valence-corrected chi connectivity index (χ1v) is 5.42. The first-order chi connectivity index (χ1) is 6.65. The molecule has 82 valence electrons. The second-order valence-corrected chi connectivity index (χ2v) is 4.77. The van der Waals surface area contributed by atoms with Gasteiger partial charge in [0, 0.05) is 26.2 Å². The maximum absolute atomic E-state index is 9.39. The molecule has 14 heavy (non-hydrogen) atoms. The molecular formula is C10H20N2O2. The summed E-state index contributed by atoms with van der Waals surface area (Å²) in [7, 11) is 2.15. The minimum atomic E-state index is -0.533. The average Bonchev–Trinajstić information content (AvgIpc) is 2.62. The zero-order valence-corrected chi connectivity index (χ0v) is 8.76. The summed E-state index contributed by atoms with van der Waals surface area (Å²) in [5.74, 6) is 0.720. The number of aliphatic hydroxyl groups excluding tert-OH is 2. The van der Waals surface area contributed by atoms with Crippen molar-refractivity contribution in [3.8, 4) is 0 Å². The molecule has 3 atom stereocenters. The fraction of sp³-hybridized carbons (Fsp3) is 1.00. The molecule has 0 amide bonds. The van der Waals surface area contributed by atoms with Crippen molar-refractivity contribution in [1.82, 2.24) is 9.80 Å². The van der Waals surface area contributed by atoms with Crippen molar-refractivity contribution in [2.24, 2.45) is 5.92 Å². The molecular weight excluding hydrogens is 180 g/mol. The molecule has 2 N–H and O–H groups in total. The summed E-state index contributed by atoms with van der Waals surface area (Å²) in [6, 6.07) is 0. The Morgan fingerprint density at radius 2 is 1.79 bits per heavy atom. The van der Waals surface area contributed by atoms with Gasteiger partial charge >= 0.3 is 0 Å². The predicted molar refractivity (Wildman–Crippen MR) is 54.1 cm³/mol. The van der Waals surface area contributed by atoms with Crippen molar-refractivity contribution in [1.29, 1.82) is 0 Å². The lowest BCUT2D eigenvalue weighted by Gasteiger charge is -2.19. The smallest absolute Gasteiger partial charge is 0.0938 e. The summed E-state index contributed by atoms with van der Waals surface area (Å²) < 4.78 is 0. The van der Waals surface area contributed by atoms with Crippen LogP contribution in [0.5, 0.6) is 0 Å².